The molecule has 0 fully saturated rings. The third-order valence-electron chi connectivity index (χ3n) is 1.57. The van der Waals surface area contributed by atoms with Crippen LogP contribution >= 0.6 is 0 Å². The van der Waals surface area contributed by atoms with E-state index in [1.807, 2.05) is 6.92 Å². The second-order valence-corrected chi connectivity index (χ2v) is 2.98. The Morgan fingerprint density at radius 2 is 1.92 bits per heavy atom. The van der Waals surface area contributed by atoms with Crippen LogP contribution in [-0.4, -0.2) is 6.18 Å². The van der Waals surface area contributed by atoms with E-state index in [1.165, 1.54) is 0 Å². The molecule has 0 saturated carbocycles. The van der Waals surface area contributed by atoms with Crippen molar-refractivity contribution in [3.05, 3.63) is 24.3 Å². The van der Waals surface area contributed by atoms with Gasteiger partial charge in [-0.15, -0.1) is 0 Å². The standard InChI is InChI=1S/C10H15F3/c1-3-6-9(2)7-4-5-8-10(11,12)13/h5,8H,2-4,6-7H2,1H3/b8-5+. The summed E-state index contributed by atoms with van der Waals surface area (Å²) in [6, 6.07) is 0. The van der Waals surface area contributed by atoms with E-state index in [0.717, 1.165) is 24.5 Å². The molecule has 0 aromatic rings. The van der Waals surface area contributed by atoms with E-state index >= 15 is 0 Å². The Labute approximate surface area is 77.1 Å². The Morgan fingerprint density at radius 1 is 1.31 bits per heavy atom. The highest BCUT2D eigenvalue weighted by molar-refractivity contribution is 4.97. The topological polar surface area (TPSA) is 0 Å². The normalized spacial score (nSPS) is 12.3. The highest BCUT2D eigenvalue weighted by Gasteiger charge is 2.21. The van der Waals surface area contributed by atoms with Crippen molar-refractivity contribution < 1.29 is 13.2 Å². The first kappa shape index (κ1) is 12.3. The lowest BCUT2D eigenvalue weighted by molar-refractivity contribution is -0.0800. The van der Waals surface area contributed by atoms with Crippen LogP contribution in [0.2, 0.25) is 0 Å². The van der Waals surface area contributed by atoms with Gasteiger partial charge in [0, 0.05) is 6.08 Å². The van der Waals surface area contributed by atoms with Crippen molar-refractivity contribution in [2.45, 2.75) is 38.8 Å². The first-order valence-electron chi connectivity index (χ1n) is 4.36. The third-order valence-corrected chi connectivity index (χ3v) is 1.57. The molecule has 0 amide bonds. The summed E-state index contributed by atoms with van der Waals surface area (Å²) in [6.07, 6.45) is 0.250. The number of halogens is 3. The van der Waals surface area contributed by atoms with Crippen molar-refractivity contribution >= 4 is 0 Å². The summed E-state index contributed by atoms with van der Waals surface area (Å²) in [4.78, 5) is 0. The molecule has 0 N–H and O–H groups in total. The zero-order valence-corrected chi connectivity index (χ0v) is 7.82. The molecule has 0 aliphatic heterocycles. The van der Waals surface area contributed by atoms with Gasteiger partial charge in [0.1, 0.15) is 0 Å². The van der Waals surface area contributed by atoms with Crippen molar-refractivity contribution in [2.75, 3.05) is 0 Å². The van der Waals surface area contributed by atoms with E-state index in [-0.39, 0.29) is 6.08 Å². The lowest BCUT2D eigenvalue weighted by Gasteiger charge is -2.01. The first-order chi connectivity index (χ1) is 5.95. The molecule has 0 radical (unpaired) electrons. The number of allylic oxidation sites excluding steroid dienone is 3. The second-order valence-electron chi connectivity index (χ2n) is 2.98. The highest BCUT2D eigenvalue weighted by atomic mass is 19.4. The van der Waals surface area contributed by atoms with Gasteiger partial charge in [-0.05, 0) is 19.3 Å². The van der Waals surface area contributed by atoms with Gasteiger partial charge in [-0.2, -0.15) is 13.2 Å². The quantitative estimate of drug-likeness (QED) is 0.571. The van der Waals surface area contributed by atoms with Crippen molar-refractivity contribution in [3.63, 3.8) is 0 Å². The molecule has 0 spiro atoms. The van der Waals surface area contributed by atoms with Crippen molar-refractivity contribution in [1.82, 2.24) is 0 Å². The molecule has 0 bridgehead atoms. The minimum absolute atomic E-state index is 0.284. The summed E-state index contributed by atoms with van der Waals surface area (Å²) in [6.45, 7) is 5.79. The molecule has 0 heterocycles. The zero-order chi connectivity index (χ0) is 10.3. The predicted octanol–water partition coefficient (Wildman–Crippen LogP) is 4.24. The van der Waals surface area contributed by atoms with Crippen LogP contribution in [0.15, 0.2) is 24.3 Å². The average molecular weight is 192 g/mol. The molecule has 0 aromatic heterocycles. The molecule has 0 aliphatic rings. The number of rotatable bonds is 5. The third kappa shape index (κ3) is 9.18. The van der Waals surface area contributed by atoms with Crippen LogP contribution in [0.25, 0.3) is 0 Å². The van der Waals surface area contributed by atoms with Crippen LogP contribution in [0.3, 0.4) is 0 Å². The van der Waals surface area contributed by atoms with Gasteiger partial charge >= 0.3 is 6.18 Å². The zero-order valence-electron chi connectivity index (χ0n) is 7.82. The van der Waals surface area contributed by atoms with Gasteiger partial charge in [-0.25, -0.2) is 0 Å². The van der Waals surface area contributed by atoms with Gasteiger partial charge in [0.25, 0.3) is 0 Å². The molecule has 76 valence electrons. The molecule has 0 nitrogen and oxygen atoms in total. The van der Waals surface area contributed by atoms with Crippen LogP contribution in [0.4, 0.5) is 13.2 Å². The SMILES string of the molecule is C=C(CCC)CC/C=C/C(F)(F)F. The van der Waals surface area contributed by atoms with Crippen molar-refractivity contribution in [1.29, 1.82) is 0 Å². The Morgan fingerprint density at radius 3 is 2.38 bits per heavy atom. The summed E-state index contributed by atoms with van der Waals surface area (Å²) in [5, 5.41) is 0. The maximum atomic E-state index is 11.6. The minimum Gasteiger partial charge on any atom is -0.167 e. The number of hydrogen-bond acceptors (Lipinski definition) is 0. The fraction of sp³-hybridized carbons (Fsp3) is 0.600. The summed E-state index contributed by atoms with van der Waals surface area (Å²) in [5.74, 6) is 0. The van der Waals surface area contributed by atoms with Crippen LogP contribution in [0.1, 0.15) is 32.6 Å². The van der Waals surface area contributed by atoms with Gasteiger partial charge in [0.05, 0.1) is 0 Å². The molecule has 0 aromatic carbocycles. The Kier molecular flexibility index (Phi) is 5.51. The van der Waals surface area contributed by atoms with Gasteiger partial charge in [0.15, 0.2) is 0 Å². The average Bonchev–Trinajstić information content (AvgIpc) is 1.97. The van der Waals surface area contributed by atoms with Crippen LogP contribution in [-0.2, 0) is 0 Å². The monoisotopic (exact) mass is 192 g/mol. The molecule has 0 atom stereocenters. The highest BCUT2D eigenvalue weighted by Crippen LogP contribution is 2.17. The number of hydrogen-bond donors (Lipinski definition) is 0. The molecular formula is C10H15F3. The van der Waals surface area contributed by atoms with Gasteiger partial charge in [-0.1, -0.05) is 31.6 Å². The van der Waals surface area contributed by atoms with Gasteiger partial charge in [-0.3, -0.25) is 0 Å². The molecular weight excluding hydrogens is 177 g/mol. The Balaban J connectivity index is 3.56. The molecule has 13 heavy (non-hydrogen) atoms. The predicted molar refractivity (Wildman–Crippen MR) is 48.5 cm³/mol. The summed E-state index contributed by atoms with van der Waals surface area (Å²) in [7, 11) is 0. The fourth-order valence-corrected chi connectivity index (χ4v) is 0.983. The van der Waals surface area contributed by atoms with Gasteiger partial charge < -0.3 is 0 Å². The maximum Gasteiger partial charge on any atom is 0.409 e. The first-order valence-corrected chi connectivity index (χ1v) is 4.36. The molecule has 0 saturated heterocycles. The number of alkyl halides is 3. The summed E-state index contributed by atoms with van der Waals surface area (Å²) >= 11 is 0. The van der Waals surface area contributed by atoms with Crippen LogP contribution in [0.5, 0.6) is 0 Å². The molecule has 0 rings (SSSR count). The second kappa shape index (κ2) is 5.84. The maximum absolute atomic E-state index is 11.6. The van der Waals surface area contributed by atoms with Crippen molar-refractivity contribution in [3.8, 4) is 0 Å². The minimum atomic E-state index is -4.17. The van der Waals surface area contributed by atoms with E-state index in [0.29, 0.717) is 12.8 Å². The lowest BCUT2D eigenvalue weighted by atomic mass is 10.1. The van der Waals surface area contributed by atoms with E-state index < -0.39 is 6.18 Å². The lowest BCUT2D eigenvalue weighted by Crippen LogP contribution is -2.00. The largest absolute Gasteiger partial charge is 0.409 e. The van der Waals surface area contributed by atoms with E-state index in [4.69, 9.17) is 0 Å². The van der Waals surface area contributed by atoms with E-state index in [9.17, 15) is 13.2 Å². The summed E-state index contributed by atoms with van der Waals surface area (Å²) < 4.78 is 34.9. The summed E-state index contributed by atoms with van der Waals surface area (Å²) in [5.41, 5.74) is 1.02. The van der Waals surface area contributed by atoms with Crippen molar-refractivity contribution in [2.24, 2.45) is 0 Å². The molecule has 0 aliphatic carbocycles. The molecule has 0 unspecified atom stereocenters. The van der Waals surface area contributed by atoms with Crippen LogP contribution < -0.4 is 0 Å². The fourth-order valence-electron chi connectivity index (χ4n) is 0.983. The molecule has 3 heteroatoms. The Hall–Kier alpha value is -0.730. The van der Waals surface area contributed by atoms with Gasteiger partial charge in [0.2, 0.25) is 0 Å². The Bertz CT molecular complexity index is 177. The van der Waals surface area contributed by atoms with Crippen LogP contribution in [0, 0.1) is 0 Å². The van der Waals surface area contributed by atoms with E-state index in [1.54, 1.807) is 0 Å². The smallest absolute Gasteiger partial charge is 0.167 e. The van der Waals surface area contributed by atoms with E-state index in [2.05, 4.69) is 6.58 Å².